The Hall–Kier alpha value is -1.23. The van der Waals surface area contributed by atoms with Crippen LogP contribution in [-0.2, 0) is 4.79 Å². The molecule has 1 rings (SSSR count). The average Bonchev–Trinajstić information content (AvgIpc) is 2.08. The summed E-state index contributed by atoms with van der Waals surface area (Å²) in [6.07, 6.45) is 0.301. The molecule has 0 aromatic heterocycles. The first kappa shape index (κ1) is 10.8. The number of hydrogen-bond acceptors (Lipinski definition) is 3. The molecule has 0 unspecified atom stereocenters. The van der Waals surface area contributed by atoms with Crippen molar-refractivity contribution in [2.24, 2.45) is 5.73 Å². The molecule has 0 spiro atoms. The van der Waals surface area contributed by atoms with E-state index in [9.17, 15) is 4.79 Å². The van der Waals surface area contributed by atoms with Gasteiger partial charge in [-0.05, 0) is 18.2 Å². The Morgan fingerprint density at radius 1 is 1.50 bits per heavy atom. The highest BCUT2D eigenvalue weighted by atomic mass is 79.9. The Morgan fingerprint density at radius 2 is 2.21 bits per heavy atom. The maximum Gasteiger partial charge on any atom is 0.219 e. The third kappa shape index (κ3) is 3.26. The first-order valence-electron chi connectivity index (χ1n) is 4.17. The van der Waals surface area contributed by atoms with Gasteiger partial charge in [-0.3, -0.25) is 4.79 Å². The molecule has 1 amide bonds. The van der Waals surface area contributed by atoms with E-state index in [0.29, 0.717) is 18.7 Å². The highest BCUT2D eigenvalue weighted by Gasteiger charge is 1.99. The van der Waals surface area contributed by atoms with Crippen molar-refractivity contribution in [2.75, 3.05) is 17.6 Å². The fourth-order valence-corrected chi connectivity index (χ4v) is 1.39. The van der Waals surface area contributed by atoms with Crippen LogP contribution in [0.4, 0.5) is 11.4 Å². The lowest BCUT2D eigenvalue weighted by molar-refractivity contribution is -0.117. The largest absolute Gasteiger partial charge is 0.397 e. The van der Waals surface area contributed by atoms with Crippen LogP contribution in [0.1, 0.15) is 6.42 Å². The van der Waals surface area contributed by atoms with Crippen molar-refractivity contribution >= 4 is 33.2 Å². The van der Waals surface area contributed by atoms with Gasteiger partial charge in [0.1, 0.15) is 0 Å². The Bertz CT molecular complexity index is 341. The van der Waals surface area contributed by atoms with Crippen LogP contribution in [0.25, 0.3) is 0 Å². The zero-order valence-corrected chi connectivity index (χ0v) is 9.17. The topological polar surface area (TPSA) is 81.1 Å². The third-order valence-corrected chi connectivity index (χ3v) is 2.19. The molecule has 0 radical (unpaired) electrons. The van der Waals surface area contributed by atoms with Crippen LogP contribution in [0, 0.1) is 0 Å². The standard InChI is InChI=1S/C9H12BrN3O/c10-6-1-2-8(7(11)5-6)13-4-3-9(12)14/h1-2,5,13H,3-4,11H2,(H2,12,14). The van der Waals surface area contributed by atoms with E-state index in [1.54, 1.807) is 6.07 Å². The number of benzene rings is 1. The van der Waals surface area contributed by atoms with Gasteiger partial charge in [0, 0.05) is 17.4 Å². The van der Waals surface area contributed by atoms with Gasteiger partial charge in [-0.15, -0.1) is 0 Å². The average molecular weight is 258 g/mol. The highest BCUT2D eigenvalue weighted by Crippen LogP contribution is 2.22. The molecule has 4 nitrogen and oxygen atoms in total. The molecule has 0 atom stereocenters. The summed E-state index contributed by atoms with van der Waals surface area (Å²) in [5, 5.41) is 3.02. The summed E-state index contributed by atoms with van der Waals surface area (Å²) < 4.78 is 0.926. The van der Waals surface area contributed by atoms with Gasteiger partial charge in [0.15, 0.2) is 0 Å². The molecule has 76 valence electrons. The monoisotopic (exact) mass is 257 g/mol. The van der Waals surface area contributed by atoms with Crippen LogP contribution in [0.5, 0.6) is 0 Å². The van der Waals surface area contributed by atoms with Crippen molar-refractivity contribution in [3.63, 3.8) is 0 Å². The summed E-state index contributed by atoms with van der Waals surface area (Å²) in [7, 11) is 0. The highest BCUT2D eigenvalue weighted by molar-refractivity contribution is 9.10. The summed E-state index contributed by atoms with van der Waals surface area (Å²) in [4.78, 5) is 10.5. The Morgan fingerprint density at radius 3 is 2.79 bits per heavy atom. The number of nitrogens with one attached hydrogen (secondary N) is 1. The first-order chi connectivity index (χ1) is 6.59. The third-order valence-electron chi connectivity index (χ3n) is 1.70. The smallest absolute Gasteiger partial charge is 0.219 e. The molecule has 5 N–H and O–H groups in total. The van der Waals surface area contributed by atoms with Crippen molar-refractivity contribution in [2.45, 2.75) is 6.42 Å². The molecular weight excluding hydrogens is 246 g/mol. The summed E-state index contributed by atoms with van der Waals surface area (Å²) in [6.45, 7) is 0.501. The summed E-state index contributed by atoms with van der Waals surface area (Å²) >= 11 is 3.31. The lowest BCUT2D eigenvalue weighted by Crippen LogP contribution is -2.16. The molecule has 5 heteroatoms. The second-order valence-corrected chi connectivity index (χ2v) is 3.79. The molecule has 0 bridgehead atoms. The molecule has 1 aromatic rings. The number of nitrogens with two attached hydrogens (primary N) is 2. The number of nitrogen functional groups attached to an aromatic ring is 1. The normalized spacial score (nSPS) is 9.79. The number of hydrogen-bond donors (Lipinski definition) is 3. The van der Waals surface area contributed by atoms with E-state index in [0.717, 1.165) is 10.2 Å². The van der Waals surface area contributed by atoms with Gasteiger partial charge in [0.2, 0.25) is 5.91 Å². The molecule has 0 aliphatic rings. The van der Waals surface area contributed by atoms with Crippen LogP contribution in [0.3, 0.4) is 0 Å². The molecule has 0 aliphatic heterocycles. The van der Waals surface area contributed by atoms with E-state index in [1.165, 1.54) is 0 Å². The summed E-state index contributed by atoms with van der Waals surface area (Å²) in [5.74, 6) is -0.326. The zero-order chi connectivity index (χ0) is 10.6. The quantitative estimate of drug-likeness (QED) is 0.712. The molecule has 0 heterocycles. The molecule has 0 saturated heterocycles. The second-order valence-electron chi connectivity index (χ2n) is 2.87. The lowest BCUT2D eigenvalue weighted by atomic mass is 10.2. The first-order valence-corrected chi connectivity index (χ1v) is 4.96. The fourth-order valence-electron chi connectivity index (χ4n) is 1.01. The second kappa shape index (κ2) is 4.85. The van der Waals surface area contributed by atoms with Gasteiger partial charge in [-0.1, -0.05) is 15.9 Å². The minimum atomic E-state index is -0.326. The molecule has 0 fully saturated rings. The van der Waals surface area contributed by atoms with E-state index in [1.807, 2.05) is 12.1 Å². The van der Waals surface area contributed by atoms with E-state index in [2.05, 4.69) is 21.2 Å². The number of carbonyl (C=O) groups excluding carboxylic acids is 1. The molecular formula is C9H12BrN3O. The van der Waals surface area contributed by atoms with E-state index in [4.69, 9.17) is 11.5 Å². The maximum absolute atomic E-state index is 10.5. The number of carbonyl (C=O) groups is 1. The van der Waals surface area contributed by atoms with E-state index < -0.39 is 0 Å². The van der Waals surface area contributed by atoms with Crippen LogP contribution in [0.15, 0.2) is 22.7 Å². The Balaban J connectivity index is 2.55. The summed E-state index contributed by atoms with van der Waals surface area (Å²) in [6, 6.07) is 5.52. The zero-order valence-electron chi connectivity index (χ0n) is 7.59. The van der Waals surface area contributed by atoms with Gasteiger partial charge >= 0.3 is 0 Å². The Kier molecular flexibility index (Phi) is 3.76. The van der Waals surface area contributed by atoms with E-state index >= 15 is 0 Å². The van der Waals surface area contributed by atoms with Crippen LogP contribution >= 0.6 is 15.9 Å². The van der Waals surface area contributed by atoms with Gasteiger partial charge in [-0.2, -0.15) is 0 Å². The van der Waals surface area contributed by atoms with Crippen LogP contribution in [-0.4, -0.2) is 12.5 Å². The minimum absolute atomic E-state index is 0.301. The van der Waals surface area contributed by atoms with Crippen LogP contribution < -0.4 is 16.8 Å². The van der Waals surface area contributed by atoms with Crippen LogP contribution in [0.2, 0.25) is 0 Å². The van der Waals surface area contributed by atoms with Crippen molar-refractivity contribution in [1.82, 2.24) is 0 Å². The number of rotatable bonds is 4. The molecule has 14 heavy (non-hydrogen) atoms. The molecule has 1 aromatic carbocycles. The van der Waals surface area contributed by atoms with Crippen molar-refractivity contribution in [3.05, 3.63) is 22.7 Å². The molecule has 0 aliphatic carbocycles. The van der Waals surface area contributed by atoms with Gasteiger partial charge in [0.25, 0.3) is 0 Å². The van der Waals surface area contributed by atoms with Crippen molar-refractivity contribution < 1.29 is 4.79 Å². The van der Waals surface area contributed by atoms with Gasteiger partial charge in [0.05, 0.1) is 11.4 Å². The van der Waals surface area contributed by atoms with Crippen molar-refractivity contribution in [1.29, 1.82) is 0 Å². The summed E-state index contributed by atoms with van der Waals surface area (Å²) in [5.41, 5.74) is 12.2. The number of anilines is 2. The predicted octanol–water partition coefficient (Wildman–Crippen LogP) is 1.32. The number of halogens is 1. The minimum Gasteiger partial charge on any atom is -0.397 e. The lowest BCUT2D eigenvalue weighted by Gasteiger charge is -2.08. The van der Waals surface area contributed by atoms with Crippen molar-refractivity contribution in [3.8, 4) is 0 Å². The van der Waals surface area contributed by atoms with E-state index in [-0.39, 0.29) is 5.91 Å². The fraction of sp³-hybridized carbons (Fsp3) is 0.222. The number of primary amides is 1. The Labute approximate surface area is 90.8 Å². The SMILES string of the molecule is NC(=O)CCNc1ccc(Br)cc1N. The van der Waals surface area contributed by atoms with Gasteiger partial charge < -0.3 is 16.8 Å². The molecule has 0 saturated carbocycles. The number of amides is 1. The van der Waals surface area contributed by atoms with Gasteiger partial charge in [-0.25, -0.2) is 0 Å². The predicted molar refractivity (Wildman–Crippen MR) is 60.9 cm³/mol. The maximum atomic E-state index is 10.5.